The zero-order valence-electron chi connectivity index (χ0n) is 24.1. The molecule has 0 saturated heterocycles. The van der Waals surface area contributed by atoms with Crippen LogP contribution < -0.4 is 10.6 Å². The highest BCUT2D eigenvalue weighted by molar-refractivity contribution is 5.93. The summed E-state index contributed by atoms with van der Waals surface area (Å²) >= 11 is 0. The van der Waals surface area contributed by atoms with Gasteiger partial charge in [-0.15, -0.1) is 0 Å². The molecule has 9 heteroatoms. The number of hydrogen-bond donors (Lipinski definition) is 3. The van der Waals surface area contributed by atoms with Gasteiger partial charge in [-0.25, -0.2) is 4.79 Å². The van der Waals surface area contributed by atoms with Crippen molar-refractivity contribution in [1.29, 1.82) is 5.26 Å². The average molecular weight is 537 g/mol. The van der Waals surface area contributed by atoms with Crippen molar-refractivity contribution in [3.8, 4) is 11.8 Å². The highest BCUT2D eigenvalue weighted by Crippen LogP contribution is 2.27. The van der Waals surface area contributed by atoms with E-state index in [9.17, 15) is 24.8 Å². The Kier molecular flexibility index (Phi) is 10.1. The number of aryl methyl sites for hydroxylation is 2. The molecule has 2 unspecified atom stereocenters. The van der Waals surface area contributed by atoms with Crippen LogP contribution in [0.5, 0.6) is 5.75 Å². The van der Waals surface area contributed by atoms with Crippen molar-refractivity contribution in [1.82, 2.24) is 15.5 Å². The van der Waals surface area contributed by atoms with Crippen molar-refractivity contribution >= 4 is 17.9 Å². The fourth-order valence-electron chi connectivity index (χ4n) is 4.11. The number of rotatable bonds is 8. The van der Waals surface area contributed by atoms with Crippen LogP contribution in [0.3, 0.4) is 0 Å². The van der Waals surface area contributed by atoms with Gasteiger partial charge in [0.25, 0.3) is 0 Å². The zero-order valence-corrected chi connectivity index (χ0v) is 24.1. The number of benzene rings is 2. The van der Waals surface area contributed by atoms with E-state index < -0.39 is 47.7 Å². The summed E-state index contributed by atoms with van der Waals surface area (Å²) in [5, 5.41) is 25.0. The van der Waals surface area contributed by atoms with E-state index in [0.29, 0.717) is 11.1 Å². The first-order valence-corrected chi connectivity index (χ1v) is 12.8. The highest BCUT2D eigenvalue weighted by Gasteiger charge is 2.38. The lowest BCUT2D eigenvalue weighted by atomic mass is 9.95. The minimum Gasteiger partial charge on any atom is -0.508 e. The molecule has 0 aliphatic rings. The summed E-state index contributed by atoms with van der Waals surface area (Å²) in [6.45, 7) is 14.0. The molecule has 3 amide bonds. The fourth-order valence-corrected chi connectivity index (χ4v) is 4.11. The number of alkyl carbamates (subject to hydrolysis) is 1. The number of phenols is 1. The van der Waals surface area contributed by atoms with Gasteiger partial charge in [-0.1, -0.05) is 35.9 Å². The van der Waals surface area contributed by atoms with Crippen molar-refractivity contribution < 1.29 is 24.2 Å². The summed E-state index contributed by atoms with van der Waals surface area (Å²) in [6.07, 6.45) is -0.764. The van der Waals surface area contributed by atoms with E-state index in [0.717, 1.165) is 11.1 Å². The van der Waals surface area contributed by atoms with Gasteiger partial charge < -0.3 is 25.4 Å². The summed E-state index contributed by atoms with van der Waals surface area (Å²) in [7, 11) is 0. The fraction of sp³-hybridized carbons (Fsp3) is 0.467. The standard InChI is InChI=1S/C30H40N4O5/c1-19-9-14-23(20(2)17-19)25(26(36)33-29(3,4)5)34(16-15-31)27(37)24(32-28(38)39-30(6,7)8)18-21-10-12-22(35)13-11-21/h9-14,17,24-25,35H,16,18H2,1-8H3,(H,32,38)(H,33,36). The number of ether oxygens (including phenoxy) is 1. The predicted molar refractivity (Wildman–Crippen MR) is 149 cm³/mol. The van der Waals surface area contributed by atoms with Crippen LogP contribution in [0, 0.1) is 25.2 Å². The summed E-state index contributed by atoms with van der Waals surface area (Å²) < 4.78 is 5.40. The van der Waals surface area contributed by atoms with Gasteiger partial charge in [-0.3, -0.25) is 9.59 Å². The monoisotopic (exact) mass is 536 g/mol. The Balaban J connectivity index is 2.60. The van der Waals surface area contributed by atoms with Gasteiger partial charge in [0.2, 0.25) is 11.8 Å². The molecule has 2 aromatic carbocycles. The SMILES string of the molecule is Cc1ccc(C(C(=O)NC(C)(C)C)N(CC#N)C(=O)C(Cc2ccc(O)cc2)NC(=O)OC(C)(C)C)c(C)c1. The molecule has 0 bridgehead atoms. The van der Waals surface area contributed by atoms with Crippen molar-refractivity contribution in [3.05, 3.63) is 64.7 Å². The second-order valence-corrected chi connectivity index (χ2v) is 11.7. The first kappa shape index (κ1) is 31.2. The topological polar surface area (TPSA) is 132 Å². The largest absolute Gasteiger partial charge is 0.508 e. The molecular formula is C30H40N4O5. The number of nitriles is 1. The first-order chi connectivity index (χ1) is 18.0. The molecule has 2 rings (SSSR count). The number of hydrogen-bond acceptors (Lipinski definition) is 6. The Bertz CT molecular complexity index is 1220. The number of phenolic OH excluding ortho intramolecular Hbond substituents is 1. The Morgan fingerprint density at radius 3 is 2.15 bits per heavy atom. The third-order valence-electron chi connectivity index (χ3n) is 5.67. The zero-order chi connectivity index (χ0) is 29.5. The molecule has 210 valence electrons. The summed E-state index contributed by atoms with van der Waals surface area (Å²) in [4.78, 5) is 41.8. The molecular weight excluding hydrogens is 496 g/mol. The van der Waals surface area contributed by atoms with Gasteiger partial charge in [0, 0.05) is 12.0 Å². The lowest BCUT2D eigenvalue weighted by Crippen LogP contribution is -2.55. The minimum absolute atomic E-state index is 0.0424. The van der Waals surface area contributed by atoms with Crippen LogP contribution in [0.4, 0.5) is 4.79 Å². The smallest absolute Gasteiger partial charge is 0.408 e. The number of carbonyl (C=O) groups excluding carboxylic acids is 3. The minimum atomic E-state index is -1.16. The second kappa shape index (κ2) is 12.7. The van der Waals surface area contributed by atoms with E-state index in [1.807, 2.05) is 52.8 Å². The Hall–Kier alpha value is -4.06. The Labute approximate surface area is 231 Å². The molecule has 0 saturated carbocycles. The molecule has 0 aliphatic carbocycles. The molecule has 3 N–H and O–H groups in total. The van der Waals surface area contributed by atoms with Crippen LogP contribution in [0.15, 0.2) is 42.5 Å². The third-order valence-corrected chi connectivity index (χ3v) is 5.67. The van der Waals surface area contributed by atoms with Gasteiger partial charge in [-0.05, 0) is 84.2 Å². The van der Waals surface area contributed by atoms with E-state index in [4.69, 9.17) is 4.74 Å². The van der Waals surface area contributed by atoms with Crippen molar-refractivity contribution in [3.63, 3.8) is 0 Å². The molecule has 0 aromatic heterocycles. The molecule has 0 spiro atoms. The predicted octanol–water partition coefficient (Wildman–Crippen LogP) is 4.45. The lowest BCUT2D eigenvalue weighted by Gasteiger charge is -2.35. The molecule has 0 fully saturated rings. The molecule has 2 atom stereocenters. The molecule has 2 aromatic rings. The average Bonchev–Trinajstić information content (AvgIpc) is 2.78. The summed E-state index contributed by atoms with van der Waals surface area (Å²) in [5.74, 6) is -1.01. The van der Waals surface area contributed by atoms with Crippen molar-refractivity contribution in [2.75, 3.05) is 6.54 Å². The molecule has 9 nitrogen and oxygen atoms in total. The maximum absolute atomic E-state index is 14.1. The maximum atomic E-state index is 14.1. The van der Waals surface area contributed by atoms with Crippen LogP contribution in [0.2, 0.25) is 0 Å². The second-order valence-electron chi connectivity index (χ2n) is 11.7. The van der Waals surface area contributed by atoms with Gasteiger partial charge in [-0.2, -0.15) is 5.26 Å². The number of aromatic hydroxyl groups is 1. The number of nitrogens with zero attached hydrogens (tertiary/aromatic N) is 2. The van der Waals surface area contributed by atoms with E-state index >= 15 is 0 Å². The lowest BCUT2D eigenvalue weighted by molar-refractivity contribution is -0.142. The van der Waals surface area contributed by atoms with Gasteiger partial charge in [0.05, 0.1) is 6.07 Å². The van der Waals surface area contributed by atoms with Crippen LogP contribution in [0.1, 0.15) is 69.8 Å². The number of nitrogens with one attached hydrogen (secondary N) is 2. The van der Waals surface area contributed by atoms with Crippen molar-refractivity contribution in [2.45, 2.75) is 85.0 Å². The van der Waals surface area contributed by atoms with E-state index in [-0.39, 0.29) is 12.2 Å². The van der Waals surface area contributed by atoms with E-state index in [1.165, 1.54) is 17.0 Å². The van der Waals surface area contributed by atoms with E-state index in [2.05, 4.69) is 10.6 Å². The van der Waals surface area contributed by atoms with Gasteiger partial charge >= 0.3 is 6.09 Å². The normalized spacial score (nSPS) is 13.0. The van der Waals surface area contributed by atoms with Crippen LogP contribution in [-0.2, 0) is 20.7 Å². The van der Waals surface area contributed by atoms with E-state index in [1.54, 1.807) is 39.0 Å². The Morgan fingerprint density at radius 1 is 1.03 bits per heavy atom. The molecule has 39 heavy (non-hydrogen) atoms. The number of amides is 3. The Morgan fingerprint density at radius 2 is 1.64 bits per heavy atom. The quantitative estimate of drug-likeness (QED) is 0.427. The third kappa shape index (κ3) is 9.64. The van der Waals surface area contributed by atoms with Crippen LogP contribution >= 0.6 is 0 Å². The molecule has 0 radical (unpaired) electrons. The molecule has 0 heterocycles. The van der Waals surface area contributed by atoms with Gasteiger partial charge in [0.15, 0.2) is 0 Å². The first-order valence-electron chi connectivity index (χ1n) is 12.8. The number of carbonyl (C=O) groups is 3. The maximum Gasteiger partial charge on any atom is 0.408 e. The van der Waals surface area contributed by atoms with Crippen molar-refractivity contribution in [2.24, 2.45) is 0 Å². The highest BCUT2D eigenvalue weighted by atomic mass is 16.6. The van der Waals surface area contributed by atoms with Crippen LogP contribution in [0.25, 0.3) is 0 Å². The molecule has 0 aliphatic heterocycles. The van der Waals surface area contributed by atoms with Crippen LogP contribution in [-0.4, -0.2) is 51.6 Å². The van der Waals surface area contributed by atoms with Gasteiger partial charge in [0.1, 0.15) is 30.0 Å². The summed E-state index contributed by atoms with van der Waals surface area (Å²) in [5.41, 5.74) is 1.59. The summed E-state index contributed by atoms with van der Waals surface area (Å²) in [6, 6.07) is 11.5.